The standard InChI is InChI=1S/C17H21NO/c1-10-6-11-8-17-14-4-2-3-5-16(14,15(17)9-18-17)12(11)7-13(10)19/h6-7,14-15,18-19H,2-5,8-9H2,1H3/t14?,15?,16-,17-/m1/s1. The molecule has 3 fully saturated rings. The van der Waals surface area contributed by atoms with E-state index in [0.29, 0.717) is 16.7 Å². The Labute approximate surface area is 114 Å². The average molecular weight is 255 g/mol. The lowest BCUT2D eigenvalue weighted by Gasteiger charge is -2.80. The van der Waals surface area contributed by atoms with E-state index in [4.69, 9.17) is 0 Å². The van der Waals surface area contributed by atoms with E-state index in [1.807, 2.05) is 6.92 Å². The number of benzene rings is 1. The van der Waals surface area contributed by atoms with E-state index in [9.17, 15) is 5.11 Å². The number of nitrogens with one attached hydrogen (secondary N) is 1. The van der Waals surface area contributed by atoms with Crippen LogP contribution in [0.1, 0.15) is 42.4 Å². The fourth-order valence-corrected chi connectivity index (χ4v) is 6.18. The van der Waals surface area contributed by atoms with Gasteiger partial charge in [-0.1, -0.05) is 18.9 Å². The van der Waals surface area contributed by atoms with E-state index >= 15 is 0 Å². The lowest BCUT2D eigenvalue weighted by molar-refractivity contribution is -0.197. The van der Waals surface area contributed by atoms with Crippen molar-refractivity contribution in [3.05, 3.63) is 28.8 Å². The molecule has 2 nitrogen and oxygen atoms in total. The van der Waals surface area contributed by atoms with Crippen LogP contribution >= 0.6 is 0 Å². The summed E-state index contributed by atoms with van der Waals surface area (Å²) in [5.41, 5.74) is 4.92. The number of phenolic OH excluding ortho intramolecular Hbond substituents is 1. The molecule has 4 aliphatic rings. The summed E-state index contributed by atoms with van der Waals surface area (Å²) in [6, 6.07) is 4.36. The third-order valence-corrected chi connectivity index (χ3v) is 6.86. The van der Waals surface area contributed by atoms with Gasteiger partial charge in [-0.15, -0.1) is 0 Å². The third kappa shape index (κ3) is 0.931. The zero-order valence-electron chi connectivity index (χ0n) is 11.5. The minimum Gasteiger partial charge on any atom is -0.508 e. The van der Waals surface area contributed by atoms with Gasteiger partial charge < -0.3 is 10.4 Å². The zero-order valence-corrected chi connectivity index (χ0v) is 11.5. The fourth-order valence-electron chi connectivity index (χ4n) is 6.18. The smallest absolute Gasteiger partial charge is 0.118 e. The lowest BCUT2D eigenvalue weighted by atomic mass is 9.30. The van der Waals surface area contributed by atoms with Gasteiger partial charge in [-0.2, -0.15) is 0 Å². The predicted octanol–water partition coefficient (Wildman–Crippen LogP) is 2.66. The molecule has 100 valence electrons. The Morgan fingerprint density at radius 1 is 1.26 bits per heavy atom. The Morgan fingerprint density at radius 3 is 2.95 bits per heavy atom. The number of hydrogen-bond acceptors (Lipinski definition) is 2. The van der Waals surface area contributed by atoms with Crippen LogP contribution in [0, 0.1) is 18.8 Å². The molecule has 1 spiro atoms. The van der Waals surface area contributed by atoms with Gasteiger partial charge in [-0.25, -0.2) is 0 Å². The Bertz CT molecular complexity index is 595. The number of rotatable bonds is 0. The number of hydrogen-bond donors (Lipinski definition) is 2. The molecule has 0 amide bonds. The topological polar surface area (TPSA) is 32.3 Å². The highest BCUT2D eigenvalue weighted by atomic mass is 16.3. The normalized spacial score (nSPS) is 45.3. The van der Waals surface area contributed by atoms with Crippen molar-refractivity contribution in [1.29, 1.82) is 0 Å². The molecule has 2 N–H and O–H groups in total. The summed E-state index contributed by atoms with van der Waals surface area (Å²) in [5.74, 6) is 2.19. The highest BCUT2D eigenvalue weighted by Gasteiger charge is 2.77. The minimum atomic E-state index is 0.419. The summed E-state index contributed by atoms with van der Waals surface area (Å²) < 4.78 is 0. The van der Waals surface area contributed by atoms with Crippen LogP contribution in [-0.2, 0) is 11.8 Å². The van der Waals surface area contributed by atoms with Gasteiger partial charge in [-0.3, -0.25) is 0 Å². The minimum absolute atomic E-state index is 0.419. The van der Waals surface area contributed by atoms with Crippen LogP contribution in [0.25, 0.3) is 0 Å². The summed E-state index contributed by atoms with van der Waals surface area (Å²) in [4.78, 5) is 0. The van der Waals surface area contributed by atoms with Crippen molar-refractivity contribution in [2.45, 2.75) is 50.0 Å². The Kier molecular flexibility index (Phi) is 1.70. The van der Waals surface area contributed by atoms with Crippen molar-refractivity contribution in [2.75, 3.05) is 6.54 Å². The number of phenols is 1. The molecule has 1 aliphatic heterocycles. The summed E-state index contributed by atoms with van der Waals surface area (Å²) in [7, 11) is 0. The molecular formula is C17H21NO. The van der Waals surface area contributed by atoms with Crippen molar-refractivity contribution in [3.63, 3.8) is 0 Å². The molecule has 0 radical (unpaired) electrons. The van der Waals surface area contributed by atoms with Gasteiger partial charge in [0.1, 0.15) is 5.75 Å². The quantitative estimate of drug-likeness (QED) is 0.747. The van der Waals surface area contributed by atoms with Gasteiger partial charge in [-0.05, 0) is 54.9 Å². The average Bonchev–Trinajstić information content (AvgIpc) is 2.38. The molecule has 1 aromatic rings. The summed E-state index contributed by atoms with van der Waals surface area (Å²) in [6.45, 7) is 3.22. The van der Waals surface area contributed by atoms with Crippen molar-refractivity contribution in [3.8, 4) is 5.75 Å². The van der Waals surface area contributed by atoms with E-state index in [-0.39, 0.29) is 0 Å². The Morgan fingerprint density at radius 2 is 2.16 bits per heavy atom. The van der Waals surface area contributed by atoms with Crippen LogP contribution < -0.4 is 5.32 Å². The SMILES string of the molecule is Cc1cc2c(cc1O)[C@]13CCCCC1[C@@]1(C2)NCC13. The molecule has 0 aromatic heterocycles. The fraction of sp³-hybridized carbons (Fsp3) is 0.647. The second-order valence-electron chi connectivity index (χ2n) is 7.29. The molecule has 1 aromatic carbocycles. The van der Waals surface area contributed by atoms with Crippen molar-refractivity contribution in [1.82, 2.24) is 5.32 Å². The zero-order chi connectivity index (χ0) is 12.8. The van der Waals surface area contributed by atoms with E-state index in [1.54, 1.807) is 0 Å². The second-order valence-corrected chi connectivity index (χ2v) is 7.29. The molecule has 2 heteroatoms. The van der Waals surface area contributed by atoms with Crippen molar-refractivity contribution >= 4 is 0 Å². The maximum Gasteiger partial charge on any atom is 0.118 e. The lowest BCUT2D eigenvalue weighted by Crippen LogP contribution is -2.89. The number of fused-ring (bicyclic) bond motifs is 1. The van der Waals surface area contributed by atoms with E-state index < -0.39 is 0 Å². The molecule has 1 saturated heterocycles. The van der Waals surface area contributed by atoms with E-state index in [1.165, 1.54) is 49.8 Å². The van der Waals surface area contributed by atoms with Crippen molar-refractivity contribution in [2.24, 2.45) is 11.8 Å². The van der Waals surface area contributed by atoms with Gasteiger partial charge in [0.15, 0.2) is 0 Å². The molecule has 3 aliphatic carbocycles. The Hall–Kier alpha value is -1.02. The highest BCUT2D eigenvalue weighted by molar-refractivity contribution is 5.56. The number of aryl methyl sites for hydroxylation is 1. The Balaban J connectivity index is 1.76. The first-order valence-electron chi connectivity index (χ1n) is 7.76. The third-order valence-electron chi connectivity index (χ3n) is 6.86. The molecule has 19 heavy (non-hydrogen) atoms. The van der Waals surface area contributed by atoms with Gasteiger partial charge in [0, 0.05) is 23.4 Å². The second kappa shape index (κ2) is 3.01. The van der Waals surface area contributed by atoms with Crippen LogP contribution in [0.15, 0.2) is 12.1 Å². The first-order valence-corrected chi connectivity index (χ1v) is 7.76. The monoisotopic (exact) mass is 255 g/mol. The molecule has 2 bridgehead atoms. The maximum atomic E-state index is 10.2. The van der Waals surface area contributed by atoms with Crippen LogP contribution in [-0.4, -0.2) is 17.2 Å². The molecule has 2 unspecified atom stereocenters. The summed E-state index contributed by atoms with van der Waals surface area (Å²) in [5, 5.41) is 13.9. The maximum absolute atomic E-state index is 10.2. The first kappa shape index (κ1) is 10.7. The van der Waals surface area contributed by atoms with Crippen molar-refractivity contribution < 1.29 is 5.11 Å². The molecule has 4 atom stereocenters. The number of piperidine rings is 1. The van der Waals surface area contributed by atoms with Crippen LogP contribution in [0.4, 0.5) is 0 Å². The molecule has 5 rings (SSSR count). The van der Waals surface area contributed by atoms with Gasteiger partial charge >= 0.3 is 0 Å². The van der Waals surface area contributed by atoms with Gasteiger partial charge in [0.2, 0.25) is 0 Å². The van der Waals surface area contributed by atoms with E-state index in [2.05, 4.69) is 17.4 Å². The summed E-state index contributed by atoms with van der Waals surface area (Å²) >= 11 is 0. The molecule has 1 heterocycles. The van der Waals surface area contributed by atoms with Crippen LogP contribution in [0.2, 0.25) is 0 Å². The molecular weight excluding hydrogens is 234 g/mol. The van der Waals surface area contributed by atoms with Crippen LogP contribution in [0.5, 0.6) is 5.75 Å². The first-order chi connectivity index (χ1) is 9.18. The summed E-state index contributed by atoms with van der Waals surface area (Å²) in [6.07, 6.45) is 6.70. The van der Waals surface area contributed by atoms with Crippen LogP contribution in [0.3, 0.4) is 0 Å². The largest absolute Gasteiger partial charge is 0.508 e. The highest BCUT2D eigenvalue weighted by Crippen LogP contribution is 2.72. The van der Waals surface area contributed by atoms with Gasteiger partial charge in [0.05, 0.1) is 0 Å². The van der Waals surface area contributed by atoms with E-state index in [0.717, 1.165) is 17.4 Å². The van der Waals surface area contributed by atoms with Gasteiger partial charge in [0.25, 0.3) is 0 Å². The number of aromatic hydroxyl groups is 1. The molecule has 2 saturated carbocycles. The predicted molar refractivity (Wildman–Crippen MR) is 74.4 cm³/mol.